The molecule has 0 saturated heterocycles. The van der Waals surface area contributed by atoms with Crippen LogP contribution in [0.2, 0.25) is 0 Å². The third-order valence-electron chi connectivity index (χ3n) is 3.07. The Kier molecular flexibility index (Phi) is 3.62. The molecule has 2 nitrogen and oxygen atoms in total. The molecular formula is C14H21NO. The van der Waals surface area contributed by atoms with E-state index in [1.54, 1.807) is 0 Å². The highest BCUT2D eigenvalue weighted by atomic mass is 16.5. The molecule has 1 aliphatic rings. The molecule has 0 aromatic heterocycles. The van der Waals surface area contributed by atoms with Crippen LogP contribution in [0.1, 0.15) is 36.6 Å². The first-order chi connectivity index (χ1) is 7.66. The van der Waals surface area contributed by atoms with Crippen LogP contribution in [-0.2, 0) is 17.6 Å². The summed E-state index contributed by atoms with van der Waals surface area (Å²) in [6.07, 6.45) is 2.12. The molecule has 1 aromatic carbocycles. The molecule has 2 rings (SSSR count). The van der Waals surface area contributed by atoms with E-state index in [-0.39, 0.29) is 6.04 Å². The molecule has 1 aromatic rings. The second-order valence-corrected chi connectivity index (χ2v) is 5.06. The van der Waals surface area contributed by atoms with Gasteiger partial charge in [-0.1, -0.05) is 32.0 Å². The second-order valence-electron chi connectivity index (χ2n) is 5.06. The number of rotatable bonds is 2. The summed E-state index contributed by atoms with van der Waals surface area (Å²) in [5.41, 5.74) is 10.2. The molecule has 1 aliphatic heterocycles. The quantitative estimate of drug-likeness (QED) is 0.829. The Labute approximate surface area is 97.8 Å². The lowest BCUT2D eigenvalue weighted by Crippen LogP contribution is -2.16. The van der Waals surface area contributed by atoms with Gasteiger partial charge in [-0.25, -0.2) is 0 Å². The summed E-state index contributed by atoms with van der Waals surface area (Å²) in [6.45, 7) is 5.94. The van der Waals surface area contributed by atoms with Gasteiger partial charge in [0.15, 0.2) is 0 Å². The van der Waals surface area contributed by atoms with E-state index in [9.17, 15) is 0 Å². The zero-order chi connectivity index (χ0) is 11.5. The van der Waals surface area contributed by atoms with Crippen molar-refractivity contribution < 1.29 is 4.74 Å². The molecule has 0 spiro atoms. The Morgan fingerprint density at radius 1 is 1.44 bits per heavy atom. The Morgan fingerprint density at radius 2 is 2.25 bits per heavy atom. The van der Waals surface area contributed by atoms with Gasteiger partial charge in [0.05, 0.1) is 19.3 Å². The topological polar surface area (TPSA) is 35.2 Å². The van der Waals surface area contributed by atoms with E-state index in [0.717, 1.165) is 19.4 Å². The maximum Gasteiger partial charge on any atom is 0.0659 e. The maximum atomic E-state index is 6.12. The summed E-state index contributed by atoms with van der Waals surface area (Å²) >= 11 is 0. The van der Waals surface area contributed by atoms with Crippen molar-refractivity contribution >= 4 is 0 Å². The Morgan fingerprint density at radius 3 is 3.00 bits per heavy atom. The van der Waals surface area contributed by atoms with Gasteiger partial charge in [-0.2, -0.15) is 0 Å². The van der Waals surface area contributed by atoms with Crippen LogP contribution in [0.15, 0.2) is 18.2 Å². The summed E-state index contributed by atoms with van der Waals surface area (Å²) in [5, 5.41) is 0. The van der Waals surface area contributed by atoms with E-state index in [0.29, 0.717) is 12.5 Å². The molecule has 0 amide bonds. The van der Waals surface area contributed by atoms with E-state index >= 15 is 0 Å². The van der Waals surface area contributed by atoms with E-state index in [1.165, 1.54) is 16.7 Å². The monoisotopic (exact) mass is 219 g/mol. The Bertz CT molecular complexity index is 360. The van der Waals surface area contributed by atoms with Crippen molar-refractivity contribution in [1.29, 1.82) is 0 Å². The van der Waals surface area contributed by atoms with Crippen LogP contribution >= 0.6 is 0 Å². The minimum Gasteiger partial charge on any atom is -0.379 e. The van der Waals surface area contributed by atoms with Crippen LogP contribution in [0.3, 0.4) is 0 Å². The smallest absolute Gasteiger partial charge is 0.0659 e. The number of hydrogen-bond acceptors (Lipinski definition) is 2. The zero-order valence-corrected chi connectivity index (χ0v) is 10.2. The highest BCUT2D eigenvalue weighted by molar-refractivity contribution is 5.35. The lowest BCUT2D eigenvalue weighted by Gasteiger charge is -2.14. The number of fused-ring (bicyclic) bond motifs is 1. The third kappa shape index (κ3) is 2.63. The molecule has 0 saturated carbocycles. The van der Waals surface area contributed by atoms with Crippen molar-refractivity contribution in [3.8, 4) is 0 Å². The molecule has 1 heterocycles. The van der Waals surface area contributed by atoms with E-state index in [4.69, 9.17) is 10.5 Å². The lowest BCUT2D eigenvalue weighted by atomic mass is 9.94. The zero-order valence-electron chi connectivity index (χ0n) is 10.2. The van der Waals surface area contributed by atoms with Crippen LogP contribution in [0, 0.1) is 5.92 Å². The number of nitrogens with two attached hydrogens (primary N) is 1. The highest BCUT2D eigenvalue weighted by Crippen LogP contribution is 2.23. The van der Waals surface area contributed by atoms with Crippen molar-refractivity contribution in [2.45, 2.75) is 32.7 Å². The fraction of sp³-hybridized carbons (Fsp3) is 0.571. The van der Waals surface area contributed by atoms with Crippen LogP contribution in [0.25, 0.3) is 0 Å². The number of ether oxygens (including phenoxy) is 1. The van der Waals surface area contributed by atoms with E-state index in [2.05, 4.69) is 32.0 Å². The second kappa shape index (κ2) is 4.98. The Balaban J connectivity index is 2.28. The minimum absolute atomic E-state index is 0.0459. The molecule has 0 radical (unpaired) electrons. The molecule has 1 atom stereocenters. The fourth-order valence-electron chi connectivity index (χ4n) is 2.30. The summed E-state index contributed by atoms with van der Waals surface area (Å²) in [6, 6.07) is 6.78. The van der Waals surface area contributed by atoms with E-state index < -0.39 is 0 Å². The van der Waals surface area contributed by atoms with Crippen molar-refractivity contribution in [2.24, 2.45) is 11.7 Å². The summed E-state index contributed by atoms with van der Waals surface area (Å²) in [4.78, 5) is 0. The SMILES string of the molecule is CC(C)Cc1ccc2c(c1)C(N)COCC2. The predicted molar refractivity (Wildman–Crippen MR) is 66.4 cm³/mol. The summed E-state index contributed by atoms with van der Waals surface area (Å²) in [7, 11) is 0. The summed E-state index contributed by atoms with van der Waals surface area (Å²) in [5.74, 6) is 0.691. The first-order valence-corrected chi connectivity index (χ1v) is 6.12. The molecule has 1 unspecified atom stereocenters. The van der Waals surface area contributed by atoms with Gasteiger partial charge >= 0.3 is 0 Å². The van der Waals surface area contributed by atoms with Gasteiger partial charge in [0.1, 0.15) is 0 Å². The van der Waals surface area contributed by atoms with Crippen LogP contribution in [0.5, 0.6) is 0 Å². The highest BCUT2D eigenvalue weighted by Gasteiger charge is 2.15. The first-order valence-electron chi connectivity index (χ1n) is 6.12. The molecule has 16 heavy (non-hydrogen) atoms. The van der Waals surface area contributed by atoms with Crippen LogP contribution in [0.4, 0.5) is 0 Å². The van der Waals surface area contributed by atoms with E-state index in [1.807, 2.05) is 0 Å². The average molecular weight is 219 g/mol. The summed E-state index contributed by atoms with van der Waals surface area (Å²) < 4.78 is 5.49. The minimum atomic E-state index is 0.0459. The van der Waals surface area contributed by atoms with Crippen LogP contribution < -0.4 is 5.73 Å². The molecule has 88 valence electrons. The largest absolute Gasteiger partial charge is 0.379 e. The molecule has 2 heteroatoms. The lowest BCUT2D eigenvalue weighted by molar-refractivity contribution is 0.131. The standard InChI is InChI=1S/C14H21NO/c1-10(2)7-11-3-4-12-5-6-16-9-14(15)13(12)8-11/h3-4,8,10,14H,5-7,9,15H2,1-2H3. The van der Waals surface area contributed by atoms with Gasteiger partial charge in [-0.05, 0) is 35.4 Å². The Hall–Kier alpha value is -0.860. The van der Waals surface area contributed by atoms with Crippen molar-refractivity contribution in [1.82, 2.24) is 0 Å². The molecule has 0 aliphatic carbocycles. The molecule has 2 N–H and O–H groups in total. The van der Waals surface area contributed by atoms with Crippen molar-refractivity contribution in [3.05, 3.63) is 34.9 Å². The van der Waals surface area contributed by atoms with Gasteiger partial charge in [0, 0.05) is 0 Å². The van der Waals surface area contributed by atoms with Crippen molar-refractivity contribution in [2.75, 3.05) is 13.2 Å². The first kappa shape index (κ1) is 11.6. The molecule has 0 bridgehead atoms. The van der Waals surface area contributed by atoms with Gasteiger partial charge in [-0.15, -0.1) is 0 Å². The van der Waals surface area contributed by atoms with Crippen LogP contribution in [-0.4, -0.2) is 13.2 Å². The maximum absolute atomic E-state index is 6.12. The van der Waals surface area contributed by atoms with Gasteiger partial charge in [0.2, 0.25) is 0 Å². The van der Waals surface area contributed by atoms with Crippen molar-refractivity contribution in [3.63, 3.8) is 0 Å². The predicted octanol–water partition coefficient (Wildman–Crippen LogP) is 2.46. The number of hydrogen-bond donors (Lipinski definition) is 1. The number of benzene rings is 1. The normalized spacial score (nSPS) is 20.6. The molecular weight excluding hydrogens is 198 g/mol. The average Bonchev–Trinajstić information content (AvgIpc) is 2.41. The fourth-order valence-corrected chi connectivity index (χ4v) is 2.30. The van der Waals surface area contributed by atoms with Gasteiger partial charge in [-0.3, -0.25) is 0 Å². The van der Waals surface area contributed by atoms with Gasteiger partial charge < -0.3 is 10.5 Å². The van der Waals surface area contributed by atoms with Gasteiger partial charge in [0.25, 0.3) is 0 Å². The molecule has 0 fully saturated rings. The third-order valence-corrected chi connectivity index (χ3v) is 3.07.